The predicted molar refractivity (Wildman–Crippen MR) is 64.9 cm³/mol. The van der Waals surface area contributed by atoms with E-state index in [0.29, 0.717) is 5.92 Å². The average Bonchev–Trinajstić information content (AvgIpc) is 2.58. The number of nitrogens with one attached hydrogen (secondary N) is 1. The van der Waals surface area contributed by atoms with Crippen molar-refractivity contribution in [3.63, 3.8) is 0 Å². The molecule has 0 aliphatic carbocycles. The largest absolute Gasteiger partial charge is 0.317 e. The first-order chi connectivity index (χ1) is 7.18. The number of nitrogens with zero attached hydrogens (tertiary/aromatic N) is 2. The summed E-state index contributed by atoms with van der Waals surface area (Å²) in [5.74, 6) is 1.41. The summed E-state index contributed by atoms with van der Waals surface area (Å²) in [7, 11) is 2.03. The van der Waals surface area contributed by atoms with Crippen LogP contribution in [0.2, 0.25) is 0 Å². The molecule has 1 aliphatic rings. The van der Waals surface area contributed by atoms with Gasteiger partial charge in [-0.2, -0.15) is 5.10 Å². The lowest BCUT2D eigenvalue weighted by Gasteiger charge is -2.28. The Labute approximate surface area is 99.4 Å². The molecular formula is C11H18BrN3. The number of halogens is 1. The number of hydrogen-bond acceptors (Lipinski definition) is 2. The minimum atomic E-state index is 0.607. The standard InChI is InChI=1S/C11H18BrN3/c1-8(9-3-5-13-6-4-9)10-7-11(12)14-15(10)2/h7-9,13H,3-6H2,1-2H3. The summed E-state index contributed by atoms with van der Waals surface area (Å²) < 4.78 is 2.94. The molecular weight excluding hydrogens is 254 g/mol. The van der Waals surface area contributed by atoms with Crippen LogP contribution in [-0.4, -0.2) is 22.9 Å². The summed E-state index contributed by atoms with van der Waals surface area (Å²) in [5, 5.41) is 7.75. The molecule has 3 nitrogen and oxygen atoms in total. The van der Waals surface area contributed by atoms with Crippen LogP contribution < -0.4 is 5.32 Å². The minimum Gasteiger partial charge on any atom is -0.317 e. The van der Waals surface area contributed by atoms with Gasteiger partial charge >= 0.3 is 0 Å². The first kappa shape index (κ1) is 11.1. The van der Waals surface area contributed by atoms with Crippen molar-refractivity contribution in [2.45, 2.75) is 25.7 Å². The van der Waals surface area contributed by atoms with E-state index >= 15 is 0 Å². The molecule has 0 radical (unpaired) electrons. The minimum absolute atomic E-state index is 0.607. The lowest BCUT2D eigenvalue weighted by Crippen LogP contribution is -2.30. The molecule has 1 aliphatic heterocycles. The van der Waals surface area contributed by atoms with E-state index in [9.17, 15) is 0 Å². The van der Waals surface area contributed by atoms with Crippen molar-refractivity contribution in [3.05, 3.63) is 16.4 Å². The number of rotatable bonds is 2. The molecule has 0 amide bonds. The predicted octanol–water partition coefficient (Wildman–Crippen LogP) is 2.29. The maximum Gasteiger partial charge on any atom is 0.128 e. The summed E-state index contributed by atoms with van der Waals surface area (Å²) in [6.07, 6.45) is 2.56. The lowest BCUT2D eigenvalue weighted by atomic mass is 9.84. The molecule has 2 heterocycles. The molecule has 0 bridgehead atoms. The molecule has 1 aromatic rings. The smallest absolute Gasteiger partial charge is 0.128 e. The van der Waals surface area contributed by atoms with Crippen LogP contribution in [0, 0.1) is 5.92 Å². The highest BCUT2D eigenvalue weighted by Crippen LogP contribution is 2.31. The van der Waals surface area contributed by atoms with Gasteiger partial charge in [-0.15, -0.1) is 0 Å². The van der Waals surface area contributed by atoms with Gasteiger partial charge in [0.25, 0.3) is 0 Å². The van der Waals surface area contributed by atoms with Gasteiger partial charge in [0.05, 0.1) is 0 Å². The van der Waals surface area contributed by atoms with E-state index in [-0.39, 0.29) is 0 Å². The van der Waals surface area contributed by atoms with Gasteiger partial charge in [-0.3, -0.25) is 4.68 Å². The van der Waals surface area contributed by atoms with Crippen molar-refractivity contribution in [2.75, 3.05) is 13.1 Å². The van der Waals surface area contributed by atoms with Gasteiger partial charge in [0.2, 0.25) is 0 Å². The van der Waals surface area contributed by atoms with Crippen molar-refractivity contribution >= 4 is 15.9 Å². The first-order valence-electron chi connectivity index (χ1n) is 5.58. The third kappa shape index (κ3) is 2.42. The highest BCUT2D eigenvalue weighted by molar-refractivity contribution is 9.10. The van der Waals surface area contributed by atoms with Gasteiger partial charge in [0.1, 0.15) is 4.60 Å². The second kappa shape index (κ2) is 4.66. The molecule has 2 rings (SSSR count). The fraction of sp³-hybridized carbons (Fsp3) is 0.727. The van der Waals surface area contributed by atoms with Gasteiger partial charge in [0.15, 0.2) is 0 Å². The Morgan fingerprint density at radius 3 is 2.73 bits per heavy atom. The Morgan fingerprint density at radius 1 is 1.53 bits per heavy atom. The Morgan fingerprint density at radius 2 is 2.20 bits per heavy atom. The fourth-order valence-corrected chi connectivity index (χ4v) is 2.93. The zero-order chi connectivity index (χ0) is 10.8. The Bertz CT molecular complexity index is 329. The molecule has 1 N–H and O–H groups in total. The van der Waals surface area contributed by atoms with E-state index in [2.05, 4.69) is 39.3 Å². The zero-order valence-electron chi connectivity index (χ0n) is 9.33. The maximum absolute atomic E-state index is 4.34. The first-order valence-corrected chi connectivity index (χ1v) is 6.38. The Hall–Kier alpha value is -0.350. The highest BCUT2D eigenvalue weighted by Gasteiger charge is 2.23. The van der Waals surface area contributed by atoms with E-state index in [1.165, 1.54) is 18.5 Å². The van der Waals surface area contributed by atoms with Gasteiger partial charge in [-0.25, -0.2) is 0 Å². The van der Waals surface area contributed by atoms with Crippen LogP contribution in [0.3, 0.4) is 0 Å². The lowest BCUT2D eigenvalue weighted by molar-refractivity contribution is 0.322. The van der Waals surface area contributed by atoms with Crippen LogP contribution in [0.1, 0.15) is 31.4 Å². The Kier molecular flexibility index (Phi) is 3.46. The van der Waals surface area contributed by atoms with Crippen LogP contribution >= 0.6 is 15.9 Å². The maximum atomic E-state index is 4.34. The van der Waals surface area contributed by atoms with Gasteiger partial charge in [-0.1, -0.05) is 6.92 Å². The van der Waals surface area contributed by atoms with Crippen molar-refractivity contribution < 1.29 is 0 Å². The summed E-state index contributed by atoms with van der Waals surface area (Å²) in [6.45, 7) is 4.64. The van der Waals surface area contributed by atoms with Crippen LogP contribution in [0.25, 0.3) is 0 Å². The number of hydrogen-bond donors (Lipinski definition) is 1. The zero-order valence-corrected chi connectivity index (χ0v) is 10.9. The molecule has 1 saturated heterocycles. The molecule has 0 aromatic carbocycles. The molecule has 84 valence electrons. The van der Waals surface area contributed by atoms with Gasteiger partial charge in [0, 0.05) is 18.7 Å². The van der Waals surface area contributed by atoms with Gasteiger partial charge < -0.3 is 5.32 Å². The summed E-state index contributed by atoms with van der Waals surface area (Å²) in [4.78, 5) is 0. The van der Waals surface area contributed by atoms with E-state index in [1.807, 2.05) is 11.7 Å². The Balaban J connectivity index is 2.12. The van der Waals surface area contributed by atoms with Crippen molar-refractivity contribution in [2.24, 2.45) is 13.0 Å². The third-order valence-corrected chi connectivity index (χ3v) is 3.83. The monoisotopic (exact) mass is 271 g/mol. The second-order valence-corrected chi connectivity index (χ2v) is 5.20. The summed E-state index contributed by atoms with van der Waals surface area (Å²) in [6, 6.07) is 2.15. The molecule has 0 saturated carbocycles. The van der Waals surface area contributed by atoms with Crippen molar-refractivity contribution in [1.29, 1.82) is 0 Å². The van der Waals surface area contributed by atoms with E-state index in [4.69, 9.17) is 0 Å². The average molecular weight is 272 g/mol. The van der Waals surface area contributed by atoms with Crippen LogP contribution in [0.5, 0.6) is 0 Å². The van der Waals surface area contributed by atoms with Gasteiger partial charge in [-0.05, 0) is 53.8 Å². The molecule has 1 fully saturated rings. The molecule has 1 unspecified atom stereocenters. The number of piperidine rings is 1. The normalized spacial score (nSPS) is 20.5. The van der Waals surface area contributed by atoms with Crippen LogP contribution in [-0.2, 0) is 7.05 Å². The SMILES string of the molecule is CC(c1cc(Br)nn1C)C1CCNCC1. The third-order valence-electron chi connectivity index (χ3n) is 3.44. The second-order valence-electron chi connectivity index (χ2n) is 4.39. The van der Waals surface area contributed by atoms with Crippen LogP contribution in [0.4, 0.5) is 0 Å². The number of aromatic nitrogens is 2. The summed E-state index contributed by atoms with van der Waals surface area (Å²) in [5.41, 5.74) is 1.34. The van der Waals surface area contributed by atoms with E-state index in [0.717, 1.165) is 23.6 Å². The molecule has 15 heavy (non-hydrogen) atoms. The van der Waals surface area contributed by atoms with E-state index in [1.54, 1.807) is 0 Å². The quantitative estimate of drug-likeness (QED) is 0.895. The highest BCUT2D eigenvalue weighted by atomic mass is 79.9. The van der Waals surface area contributed by atoms with Crippen molar-refractivity contribution in [3.8, 4) is 0 Å². The molecule has 0 spiro atoms. The van der Waals surface area contributed by atoms with Crippen LogP contribution in [0.15, 0.2) is 10.7 Å². The van der Waals surface area contributed by atoms with Crippen molar-refractivity contribution in [1.82, 2.24) is 15.1 Å². The van der Waals surface area contributed by atoms with E-state index < -0.39 is 0 Å². The molecule has 1 aromatic heterocycles. The number of aryl methyl sites for hydroxylation is 1. The summed E-state index contributed by atoms with van der Waals surface area (Å²) >= 11 is 3.43. The molecule has 4 heteroatoms. The molecule has 1 atom stereocenters. The topological polar surface area (TPSA) is 29.9 Å². The fourth-order valence-electron chi connectivity index (χ4n) is 2.46.